The van der Waals surface area contributed by atoms with Crippen LogP contribution in [0.1, 0.15) is 317 Å². The van der Waals surface area contributed by atoms with E-state index in [4.69, 9.17) is 48.6 Å². The topological polar surface area (TPSA) is 304 Å². The number of nitroso groups, excluding NO2 is 1. The summed E-state index contributed by atoms with van der Waals surface area (Å²) in [4.78, 5) is 98.2. The van der Waals surface area contributed by atoms with Crippen molar-refractivity contribution in [2.45, 2.75) is 341 Å². The van der Waals surface area contributed by atoms with Crippen molar-refractivity contribution < 1.29 is 144 Å². The Kier molecular flexibility index (Phi) is 70.5. The van der Waals surface area contributed by atoms with Gasteiger partial charge < -0.3 is 57.3 Å². The van der Waals surface area contributed by atoms with Gasteiger partial charge in [0.1, 0.15) is 19.3 Å². The molecular weight excluding hydrogens is 1290 g/mol. The van der Waals surface area contributed by atoms with Gasteiger partial charge in [-0.25, -0.2) is 4.79 Å². The van der Waals surface area contributed by atoms with Gasteiger partial charge >= 0.3 is 89.0 Å². The van der Waals surface area contributed by atoms with Crippen LogP contribution in [-0.4, -0.2) is 116 Å². The zero-order valence-corrected chi connectivity index (χ0v) is 66.2. The smallest absolute Gasteiger partial charge is 0.756 e. The Morgan fingerprint density at radius 2 is 0.745 bits per heavy atom. The third-order valence-electron chi connectivity index (χ3n) is 16.1. The van der Waals surface area contributed by atoms with Crippen LogP contribution in [-0.2, 0) is 65.4 Å². The van der Waals surface area contributed by atoms with Crippen molar-refractivity contribution in [1.29, 1.82) is 0 Å². The molecule has 2 amide bonds. The van der Waals surface area contributed by atoms with E-state index in [0.717, 1.165) is 139 Å². The number of urea groups is 1. The first kappa shape index (κ1) is 97.4. The van der Waals surface area contributed by atoms with Crippen molar-refractivity contribution in [1.82, 2.24) is 10.3 Å². The number of aliphatic hydroxyl groups excluding tert-OH is 1. The number of amides is 2. The maximum absolute atomic E-state index is 12.8. The first-order valence-corrected chi connectivity index (χ1v) is 39.3. The molecule has 0 aromatic carbocycles. The Labute approximate surface area is 616 Å². The van der Waals surface area contributed by atoms with Crippen molar-refractivity contribution in [3.63, 3.8) is 0 Å². The molecule has 0 bridgehead atoms. The third kappa shape index (κ3) is 63.4. The largest absolute Gasteiger partial charge is 1.00 e. The fourth-order valence-corrected chi connectivity index (χ4v) is 12.0. The van der Waals surface area contributed by atoms with E-state index in [2.05, 4.69) is 45.2 Å². The van der Waals surface area contributed by atoms with Crippen molar-refractivity contribution in [3.05, 3.63) is 4.91 Å². The number of nitrogens with one attached hydrogen (secondary N) is 1. The quantitative estimate of drug-likeness (QED) is 0.00835. The van der Waals surface area contributed by atoms with Crippen LogP contribution in [0.2, 0.25) is 0 Å². The molecule has 2 N–H and O–H groups in total. The molecule has 1 fully saturated rings. The average molecular weight is 1420 g/mol. The van der Waals surface area contributed by atoms with Crippen LogP contribution in [0.3, 0.4) is 0 Å². The van der Waals surface area contributed by atoms with Crippen LogP contribution in [0, 0.1) is 10.8 Å². The maximum atomic E-state index is 12.8. The normalized spacial score (nSPS) is 15.8. The monoisotopic (exact) mass is 1420 g/mol. The molecule has 4 unspecified atom stereocenters. The summed E-state index contributed by atoms with van der Waals surface area (Å²) >= 11 is 5.46. The molecule has 22 nitrogen and oxygen atoms in total. The molecule has 542 valence electrons. The Hall–Kier alpha value is -0.780. The van der Waals surface area contributed by atoms with Crippen molar-refractivity contribution in [3.8, 4) is 0 Å². The molecule has 0 radical (unpaired) electrons. The number of carbonyl (C=O) groups is 5. The van der Waals surface area contributed by atoms with Crippen molar-refractivity contribution >= 4 is 57.2 Å². The zero-order chi connectivity index (χ0) is 68.2. The van der Waals surface area contributed by atoms with Gasteiger partial charge in [0.05, 0.1) is 38.3 Å². The van der Waals surface area contributed by atoms with Gasteiger partial charge in [0, 0.05) is 37.6 Å². The summed E-state index contributed by atoms with van der Waals surface area (Å²) in [5, 5.41) is 16.7. The minimum absolute atomic E-state index is 0. The molecule has 0 aromatic heterocycles. The van der Waals surface area contributed by atoms with Crippen LogP contribution in [0.4, 0.5) is 4.79 Å². The van der Waals surface area contributed by atoms with E-state index in [9.17, 15) is 52.9 Å². The molecule has 1 aliphatic rings. The predicted octanol–water partition coefficient (Wildman–Crippen LogP) is 10.4. The fourth-order valence-electron chi connectivity index (χ4n) is 10.3. The molecule has 1 rings (SSSR count). The summed E-state index contributed by atoms with van der Waals surface area (Å²) in [5.74, 6) is -1.30. The third-order valence-corrected chi connectivity index (χ3v) is 18.1. The number of phosphoric acid groups is 2. The van der Waals surface area contributed by atoms with Gasteiger partial charge in [-0.1, -0.05) is 240 Å². The molecule has 0 aromatic rings. The first-order chi connectivity index (χ1) is 44.3. The van der Waals surface area contributed by atoms with Gasteiger partial charge in [-0.2, -0.15) is 5.01 Å². The molecule has 94 heavy (non-hydrogen) atoms. The molecular formula is C67H126ClN3Na2O19P2. The van der Waals surface area contributed by atoms with Gasteiger partial charge in [-0.05, 0) is 57.3 Å². The number of halogens is 1. The number of aliphatic hydroxyl groups is 1. The van der Waals surface area contributed by atoms with Gasteiger partial charge in [0.25, 0.3) is 15.6 Å². The summed E-state index contributed by atoms with van der Waals surface area (Å²) in [6.07, 6.45) is 38.4. The Morgan fingerprint density at radius 1 is 0.468 bits per heavy atom. The number of nitrogens with zero attached hydrogens (tertiary/aromatic N) is 2. The molecule has 4 atom stereocenters. The van der Waals surface area contributed by atoms with E-state index in [1.807, 2.05) is 0 Å². The Balaban J connectivity index is -0.00000398. The van der Waals surface area contributed by atoms with Gasteiger partial charge in [0.2, 0.25) is 0 Å². The minimum Gasteiger partial charge on any atom is -0.756 e. The van der Waals surface area contributed by atoms with Crippen LogP contribution >= 0.6 is 27.2 Å². The van der Waals surface area contributed by atoms with E-state index in [1.165, 1.54) is 103 Å². The first-order valence-electron chi connectivity index (χ1n) is 35.9. The molecule has 0 aliphatic heterocycles. The number of hydrogen-bond donors (Lipinski definition) is 2. The van der Waals surface area contributed by atoms with E-state index in [1.54, 1.807) is 0 Å². The number of ether oxygens (including phenoxy) is 4. The average Bonchev–Trinajstić information content (AvgIpc) is 1.17. The number of hydrogen-bond acceptors (Lipinski definition) is 20. The fraction of sp³-hybridized carbons (Fsp3) is 0.925. The van der Waals surface area contributed by atoms with Crippen LogP contribution in [0.5, 0.6) is 0 Å². The molecule has 0 heterocycles. The van der Waals surface area contributed by atoms with Gasteiger partial charge in [-0.3, -0.25) is 28.3 Å². The number of alkyl halides is 1. The SMILES string of the molecule is CC1CCC(NC(=O)N(CCCl)N=O)CC1.CCCCCCCCCCCC(=O)OCC(COP(=O)([O-])OCC(O)COP(=O)([O-])OCC(COC(=O)CCCCCCCCCCC)OC(=O)CCCCCCCCCCC)OC(=O)CCCCCCCCCCC.[Na+].[Na+]. The van der Waals surface area contributed by atoms with E-state index in [-0.39, 0.29) is 103 Å². The summed E-state index contributed by atoms with van der Waals surface area (Å²) in [6.45, 7) is 6.73. The number of phosphoric ester groups is 2. The molecule has 0 saturated heterocycles. The number of esters is 4. The number of unbranched alkanes of at least 4 members (excludes halogenated alkanes) is 32. The Morgan fingerprint density at radius 3 is 1.03 bits per heavy atom. The van der Waals surface area contributed by atoms with E-state index in [0.29, 0.717) is 25.7 Å². The minimum atomic E-state index is -5.20. The summed E-state index contributed by atoms with van der Waals surface area (Å²) in [7, 11) is -10.4. The predicted molar refractivity (Wildman–Crippen MR) is 357 cm³/mol. The molecule has 1 aliphatic carbocycles. The van der Waals surface area contributed by atoms with Crippen LogP contribution < -0.4 is 74.2 Å². The summed E-state index contributed by atoms with van der Waals surface area (Å²) in [6, 6.07) is -0.265. The molecule has 27 heteroatoms. The van der Waals surface area contributed by atoms with E-state index >= 15 is 0 Å². The van der Waals surface area contributed by atoms with Crippen molar-refractivity contribution in [2.24, 2.45) is 11.2 Å². The Bertz CT molecular complexity index is 1830. The number of carbonyl (C=O) groups excluding carboxylic acids is 5. The van der Waals surface area contributed by atoms with Gasteiger partial charge in [-0.15, -0.1) is 16.5 Å². The standard InChI is InChI=1S/C57H110O17P2.C10H18ClN3O2.2Na/c1-5-9-13-17-21-25-29-33-37-41-54(59)67-47-52(73-56(61)43-39-35-31-27-23-19-15-11-7-3)49-71-75(63,64)69-45-51(58)46-70-76(65,66)72-50-53(74-57(62)44-40-36-32-28-24-20-16-12-8-4)48-68-55(60)42-38-34-30-26-22-18-14-10-6-2;1-8-2-4-9(5-3-8)12-10(15)14(13-16)7-6-11;;/h51-53,58H,5-50H2,1-4H3,(H,63,64)(H,65,66);8-9H,2-7H2,1H3,(H,12,15);;/q;;2*+1/p-2. The van der Waals surface area contributed by atoms with Crippen LogP contribution in [0.15, 0.2) is 5.29 Å². The zero-order valence-electron chi connectivity index (χ0n) is 59.6. The second-order valence-corrected chi connectivity index (χ2v) is 28.1. The van der Waals surface area contributed by atoms with Crippen molar-refractivity contribution in [2.75, 3.05) is 52.1 Å². The number of rotatable bonds is 62. The second kappa shape index (κ2) is 68.0. The molecule has 1 saturated carbocycles. The maximum Gasteiger partial charge on any atom is 1.00 e. The van der Waals surface area contributed by atoms with Crippen LogP contribution in [0.25, 0.3) is 0 Å². The second-order valence-electron chi connectivity index (χ2n) is 24.9. The summed E-state index contributed by atoms with van der Waals surface area (Å²) < 4.78 is 66.7. The van der Waals surface area contributed by atoms with E-state index < -0.39 is 104 Å². The summed E-state index contributed by atoms with van der Waals surface area (Å²) in [5.41, 5.74) is 0. The molecule has 0 spiro atoms. The van der Waals surface area contributed by atoms with Gasteiger partial charge in [0.15, 0.2) is 12.2 Å².